The molecule has 1 N–H and O–H groups in total. The lowest BCUT2D eigenvalue weighted by atomic mass is 10.0. The molecule has 1 aliphatic rings. The molecule has 0 atom stereocenters. The van der Waals surface area contributed by atoms with Crippen LogP contribution in [-0.4, -0.2) is 20.2 Å². The lowest BCUT2D eigenvalue weighted by Crippen LogP contribution is -2.07. The van der Waals surface area contributed by atoms with Gasteiger partial charge in [0.1, 0.15) is 5.52 Å². The summed E-state index contributed by atoms with van der Waals surface area (Å²) >= 11 is 0. The third-order valence-electron chi connectivity index (χ3n) is 3.68. The Balaban J connectivity index is 1.94. The largest absolute Gasteiger partial charge is 0.273 e. The standard InChI is InChI=1S/C15H14N4/c1-2-6-10(7-3-1)13-14-15(19-18-13)17-12-9-5-4-8-11(12)16-14/h1-3,6-7H,4-5,8-9H2,(H,17,18,19). The monoisotopic (exact) mass is 250 g/mol. The fourth-order valence-electron chi connectivity index (χ4n) is 2.69. The summed E-state index contributed by atoms with van der Waals surface area (Å²) in [5.41, 5.74) is 5.99. The van der Waals surface area contributed by atoms with E-state index in [-0.39, 0.29) is 0 Å². The van der Waals surface area contributed by atoms with Gasteiger partial charge in [0.25, 0.3) is 0 Å². The van der Waals surface area contributed by atoms with Crippen LogP contribution in [0.4, 0.5) is 0 Å². The van der Waals surface area contributed by atoms with Crippen molar-refractivity contribution in [1.29, 1.82) is 0 Å². The average molecular weight is 250 g/mol. The van der Waals surface area contributed by atoms with Crippen LogP contribution in [0.25, 0.3) is 22.4 Å². The maximum Gasteiger partial charge on any atom is 0.200 e. The van der Waals surface area contributed by atoms with Gasteiger partial charge in [0.15, 0.2) is 0 Å². The summed E-state index contributed by atoms with van der Waals surface area (Å²) < 4.78 is 0. The van der Waals surface area contributed by atoms with E-state index in [0.717, 1.165) is 46.7 Å². The first kappa shape index (κ1) is 10.7. The third-order valence-corrected chi connectivity index (χ3v) is 3.68. The lowest BCUT2D eigenvalue weighted by Gasteiger charge is -2.12. The number of aryl methyl sites for hydroxylation is 2. The molecule has 1 aromatic carbocycles. The van der Waals surface area contributed by atoms with Crippen LogP contribution >= 0.6 is 0 Å². The summed E-state index contributed by atoms with van der Waals surface area (Å²) in [5, 5.41) is 7.38. The fourth-order valence-corrected chi connectivity index (χ4v) is 2.69. The highest BCUT2D eigenvalue weighted by molar-refractivity contribution is 5.87. The molecule has 0 aliphatic heterocycles. The second kappa shape index (κ2) is 4.16. The quantitative estimate of drug-likeness (QED) is 0.722. The highest BCUT2D eigenvalue weighted by atomic mass is 15.2. The van der Waals surface area contributed by atoms with E-state index < -0.39 is 0 Å². The maximum atomic E-state index is 4.80. The average Bonchev–Trinajstić information content (AvgIpc) is 2.88. The van der Waals surface area contributed by atoms with Crippen molar-refractivity contribution < 1.29 is 0 Å². The highest BCUT2D eigenvalue weighted by Gasteiger charge is 2.17. The van der Waals surface area contributed by atoms with Crippen LogP contribution in [0.1, 0.15) is 24.2 Å². The van der Waals surface area contributed by atoms with Gasteiger partial charge in [0, 0.05) is 5.56 Å². The van der Waals surface area contributed by atoms with Crippen LogP contribution in [0.5, 0.6) is 0 Å². The lowest BCUT2D eigenvalue weighted by molar-refractivity contribution is 0.654. The summed E-state index contributed by atoms with van der Waals surface area (Å²) in [5.74, 6) is 0. The molecule has 0 saturated carbocycles. The number of fused-ring (bicyclic) bond motifs is 2. The molecular weight excluding hydrogens is 236 g/mol. The van der Waals surface area contributed by atoms with Crippen LogP contribution in [0.3, 0.4) is 0 Å². The van der Waals surface area contributed by atoms with Crippen molar-refractivity contribution in [2.45, 2.75) is 25.7 Å². The van der Waals surface area contributed by atoms with Gasteiger partial charge in [0.05, 0.1) is 17.1 Å². The number of aromatic amines is 1. The Morgan fingerprint density at radius 2 is 1.63 bits per heavy atom. The van der Waals surface area contributed by atoms with Gasteiger partial charge in [-0.15, -0.1) is 0 Å². The molecule has 4 heteroatoms. The fraction of sp³-hybridized carbons (Fsp3) is 0.267. The van der Waals surface area contributed by atoms with E-state index in [9.17, 15) is 0 Å². The minimum Gasteiger partial charge on any atom is -0.273 e. The smallest absolute Gasteiger partial charge is 0.200 e. The number of H-pyrrole nitrogens is 1. The number of nitrogens with zero attached hydrogens (tertiary/aromatic N) is 3. The predicted molar refractivity (Wildman–Crippen MR) is 73.8 cm³/mol. The minimum atomic E-state index is 0.736. The number of hydrogen-bond acceptors (Lipinski definition) is 3. The van der Waals surface area contributed by atoms with E-state index in [0.29, 0.717) is 0 Å². The second-order valence-corrected chi connectivity index (χ2v) is 4.96. The first-order valence-electron chi connectivity index (χ1n) is 6.71. The number of hydrogen-bond donors (Lipinski definition) is 1. The summed E-state index contributed by atoms with van der Waals surface area (Å²) in [6, 6.07) is 10.2. The summed E-state index contributed by atoms with van der Waals surface area (Å²) in [6.45, 7) is 0. The van der Waals surface area contributed by atoms with E-state index in [1.807, 2.05) is 18.2 Å². The molecule has 94 valence electrons. The Hall–Kier alpha value is -2.23. The predicted octanol–water partition coefficient (Wildman–Crippen LogP) is 2.90. The zero-order chi connectivity index (χ0) is 12.7. The maximum absolute atomic E-state index is 4.80. The van der Waals surface area contributed by atoms with E-state index in [1.165, 1.54) is 12.8 Å². The highest BCUT2D eigenvalue weighted by Crippen LogP contribution is 2.26. The first-order chi connectivity index (χ1) is 9.42. The molecule has 3 aromatic rings. The molecule has 0 bridgehead atoms. The van der Waals surface area contributed by atoms with Gasteiger partial charge in [-0.3, -0.25) is 5.10 Å². The summed E-state index contributed by atoms with van der Waals surface area (Å²) in [7, 11) is 0. The third kappa shape index (κ3) is 1.71. The normalized spacial score (nSPS) is 14.5. The molecule has 0 fully saturated rings. The first-order valence-corrected chi connectivity index (χ1v) is 6.71. The Labute approximate surface area is 110 Å². The molecule has 4 rings (SSSR count). The zero-order valence-corrected chi connectivity index (χ0v) is 10.6. The molecule has 2 aromatic heterocycles. The van der Waals surface area contributed by atoms with E-state index in [1.54, 1.807) is 0 Å². The van der Waals surface area contributed by atoms with Crippen LogP contribution in [0.15, 0.2) is 30.3 Å². The van der Waals surface area contributed by atoms with Gasteiger partial charge >= 0.3 is 0 Å². The number of aromatic nitrogens is 4. The van der Waals surface area contributed by atoms with Crippen molar-refractivity contribution in [1.82, 2.24) is 20.2 Å². The molecule has 1 aliphatic carbocycles. The van der Waals surface area contributed by atoms with Gasteiger partial charge < -0.3 is 0 Å². The van der Waals surface area contributed by atoms with Crippen LogP contribution < -0.4 is 0 Å². The second-order valence-electron chi connectivity index (χ2n) is 4.96. The molecular formula is C15H14N4. The van der Waals surface area contributed by atoms with Crippen molar-refractivity contribution in [3.8, 4) is 11.3 Å². The molecule has 4 nitrogen and oxygen atoms in total. The molecule has 0 unspecified atom stereocenters. The van der Waals surface area contributed by atoms with Crippen molar-refractivity contribution in [2.75, 3.05) is 0 Å². The number of nitrogens with one attached hydrogen (secondary N) is 1. The van der Waals surface area contributed by atoms with Gasteiger partial charge in [-0.2, -0.15) is 5.10 Å². The Morgan fingerprint density at radius 1 is 0.895 bits per heavy atom. The zero-order valence-electron chi connectivity index (χ0n) is 10.6. The van der Waals surface area contributed by atoms with Crippen LogP contribution in [0.2, 0.25) is 0 Å². The van der Waals surface area contributed by atoms with Crippen molar-refractivity contribution in [2.24, 2.45) is 0 Å². The van der Waals surface area contributed by atoms with Gasteiger partial charge in [0.2, 0.25) is 5.65 Å². The van der Waals surface area contributed by atoms with Crippen molar-refractivity contribution in [3.05, 3.63) is 41.7 Å². The Kier molecular flexibility index (Phi) is 2.33. The molecule has 0 amide bonds. The topological polar surface area (TPSA) is 54.5 Å². The summed E-state index contributed by atoms with van der Waals surface area (Å²) in [4.78, 5) is 9.45. The SMILES string of the molecule is c1ccc(-c2[nH]nc3nc4c(nc23)CCCC4)cc1. The molecule has 0 spiro atoms. The molecule has 19 heavy (non-hydrogen) atoms. The number of benzene rings is 1. The van der Waals surface area contributed by atoms with Gasteiger partial charge in [-0.25, -0.2) is 9.97 Å². The van der Waals surface area contributed by atoms with E-state index in [4.69, 9.17) is 4.98 Å². The minimum absolute atomic E-state index is 0.736. The Bertz CT molecular complexity index is 730. The molecule has 0 saturated heterocycles. The Morgan fingerprint density at radius 3 is 2.42 bits per heavy atom. The van der Waals surface area contributed by atoms with Gasteiger partial charge in [-0.1, -0.05) is 30.3 Å². The molecule has 2 heterocycles. The summed E-state index contributed by atoms with van der Waals surface area (Å²) in [6.07, 6.45) is 4.50. The van der Waals surface area contributed by atoms with Crippen molar-refractivity contribution in [3.63, 3.8) is 0 Å². The van der Waals surface area contributed by atoms with Crippen molar-refractivity contribution >= 4 is 11.2 Å². The van der Waals surface area contributed by atoms with E-state index >= 15 is 0 Å². The van der Waals surface area contributed by atoms with Crippen LogP contribution in [0, 0.1) is 0 Å². The molecule has 0 radical (unpaired) electrons. The van der Waals surface area contributed by atoms with Crippen LogP contribution in [-0.2, 0) is 12.8 Å². The van der Waals surface area contributed by atoms with E-state index in [2.05, 4.69) is 27.3 Å². The number of rotatable bonds is 1. The van der Waals surface area contributed by atoms with Gasteiger partial charge in [-0.05, 0) is 25.7 Å².